The van der Waals surface area contributed by atoms with Crippen LogP contribution in [0.5, 0.6) is 5.75 Å². The van der Waals surface area contributed by atoms with E-state index in [0.717, 1.165) is 0 Å². The topological polar surface area (TPSA) is 75.0 Å². The van der Waals surface area contributed by atoms with Gasteiger partial charge in [-0.1, -0.05) is 18.2 Å². The van der Waals surface area contributed by atoms with E-state index in [1.807, 2.05) is 6.07 Å². The van der Waals surface area contributed by atoms with Crippen LogP contribution in [-0.4, -0.2) is 39.2 Å². The second-order valence-electron chi connectivity index (χ2n) is 6.30. The van der Waals surface area contributed by atoms with Crippen molar-refractivity contribution in [3.63, 3.8) is 0 Å². The van der Waals surface area contributed by atoms with Crippen LogP contribution in [0.15, 0.2) is 71.2 Å². The first-order valence-corrected chi connectivity index (χ1v) is 9.34. The molecule has 0 saturated heterocycles. The number of methoxy groups -OCH3 is 2. The van der Waals surface area contributed by atoms with Crippen LogP contribution in [0, 0.1) is 0 Å². The summed E-state index contributed by atoms with van der Waals surface area (Å²) in [5.74, 6) is 1.08. The highest BCUT2D eigenvalue weighted by Gasteiger charge is 2.15. The zero-order valence-corrected chi connectivity index (χ0v) is 16.8. The smallest absolute Gasteiger partial charge is 0.338 e. The van der Waals surface area contributed by atoms with Crippen molar-refractivity contribution in [1.82, 2.24) is 0 Å². The molecule has 3 rings (SSSR count). The molecule has 1 heterocycles. The monoisotopic (exact) mass is 406 g/mol. The number of benzene rings is 2. The Balaban J connectivity index is 1.69. The lowest BCUT2D eigenvalue weighted by molar-refractivity contribution is 0.0601. The number of furan rings is 1. The van der Waals surface area contributed by atoms with E-state index < -0.39 is 5.97 Å². The van der Waals surface area contributed by atoms with Gasteiger partial charge in [-0.25, -0.2) is 4.79 Å². The van der Waals surface area contributed by atoms with Crippen molar-refractivity contribution in [3.05, 3.63) is 83.6 Å². The lowest BCUT2D eigenvalue weighted by atomic mass is 10.1. The summed E-state index contributed by atoms with van der Waals surface area (Å²) in [5.41, 5.74) is 1.57. The standard InChI is InChI=1S/C24H22O6/c1-27-15-16-29-18-9-7-17(8-10-18)22(25)13-11-19-12-14-23(30-19)20-5-3-4-6-21(20)24(26)28-2/h3-14H,15-16H2,1-2H3. The molecule has 3 aromatic rings. The fraction of sp³-hybridized carbons (Fsp3) is 0.167. The average molecular weight is 406 g/mol. The van der Waals surface area contributed by atoms with E-state index in [1.165, 1.54) is 13.2 Å². The summed E-state index contributed by atoms with van der Waals surface area (Å²) >= 11 is 0. The highest BCUT2D eigenvalue weighted by molar-refractivity contribution is 6.06. The Kier molecular flexibility index (Phi) is 7.19. The molecule has 0 radical (unpaired) electrons. The molecular formula is C24H22O6. The van der Waals surface area contributed by atoms with Crippen molar-refractivity contribution in [2.75, 3.05) is 27.4 Å². The first-order chi connectivity index (χ1) is 14.6. The van der Waals surface area contributed by atoms with E-state index in [4.69, 9.17) is 18.6 Å². The minimum absolute atomic E-state index is 0.161. The Morgan fingerprint density at radius 1 is 0.933 bits per heavy atom. The van der Waals surface area contributed by atoms with E-state index in [2.05, 4.69) is 0 Å². The Morgan fingerprint density at radius 3 is 2.43 bits per heavy atom. The molecule has 0 amide bonds. The molecule has 0 unspecified atom stereocenters. The van der Waals surface area contributed by atoms with Gasteiger partial charge in [0.25, 0.3) is 0 Å². The first kappa shape index (κ1) is 21.1. The Labute approximate surface area is 174 Å². The van der Waals surface area contributed by atoms with Gasteiger partial charge in [-0.05, 0) is 54.6 Å². The molecule has 0 aliphatic rings. The first-order valence-electron chi connectivity index (χ1n) is 9.34. The van der Waals surface area contributed by atoms with Crippen molar-refractivity contribution < 1.29 is 28.2 Å². The largest absolute Gasteiger partial charge is 0.491 e. The van der Waals surface area contributed by atoms with Gasteiger partial charge in [0, 0.05) is 18.2 Å². The maximum atomic E-state index is 12.4. The number of carbonyl (C=O) groups is 2. The van der Waals surface area contributed by atoms with E-state index in [9.17, 15) is 9.59 Å². The predicted octanol–water partition coefficient (Wildman–Crippen LogP) is 4.65. The number of ether oxygens (including phenoxy) is 3. The number of hydrogen-bond donors (Lipinski definition) is 0. The van der Waals surface area contributed by atoms with Crippen LogP contribution in [0.1, 0.15) is 26.5 Å². The van der Waals surface area contributed by atoms with Gasteiger partial charge in [0.2, 0.25) is 0 Å². The molecule has 154 valence electrons. The van der Waals surface area contributed by atoms with E-state index >= 15 is 0 Å². The minimum atomic E-state index is -0.441. The summed E-state index contributed by atoms with van der Waals surface area (Å²) in [6.07, 6.45) is 3.03. The van der Waals surface area contributed by atoms with Crippen LogP contribution in [0.25, 0.3) is 17.4 Å². The highest BCUT2D eigenvalue weighted by atomic mass is 16.5. The number of esters is 1. The van der Waals surface area contributed by atoms with E-state index in [0.29, 0.717) is 47.2 Å². The van der Waals surface area contributed by atoms with Crippen molar-refractivity contribution in [2.45, 2.75) is 0 Å². The van der Waals surface area contributed by atoms with Crippen molar-refractivity contribution >= 4 is 17.8 Å². The number of rotatable bonds is 9. The predicted molar refractivity (Wildman–Crippen MR) is 113 cm³/mol. The zero-order chi connectivity index (χ0) is 21.3. The maximum absolute atomic E-state index is 12.4. The molecule has 0 aliphatic heterocycles. The molecule has 6 heteroatoms. The Morgan fingerprint density at radius 2 is 1.70 bits per heavy atom. The van der Waals surface area contributed by atoms with E-state index in [-0.39, 0.29) is 5.78 Å². The van der Waals surface area contributed by atoms with Crippen LogP contribution in [-0.2, 0) is 9.47 Å². The lowest BCUT2D eigenvalue weighted by Crippen LogP contribution is -2.04. The quantitative estimate of drug-likeness (QED) is 0.223. The fourth-order valence-electron chi connectivity index (χ4n) is 2.79. The van der Waals surface area contributed by atoms with Gasteiger partial charge in [0.1, 0.15) is 23.9 Å². The van der Waals surface area contributed by atoms with Gasteiger partial charge >= 0.3 is 5.97 Å². The fourth-order valence-corrected chi connectivity index (χ4v) is 2.79. The molecule has 0 atom stereocenters. The van der Waals surface area contributed by atoms with Gasteiger partial charge in [-0.2, -0.15) is 0 Å². The van der Waals surface area contributed by atoms with Gasteiger partial charge in [0.05, 0.1) is 19.3 Å². The molecule has 0 aliphatic carbocycles. The maximum Gasteiger partial charge on any atom is 0.338 e. The molecule has 1 aromatic heterocycles. The second kappa shape index (κ2) is 10.2. The molecule has 0 bridgehead atoms. The minimum Gasteiger partial charge on any atom is -0.491 e. The van der Waals surface area contributed by atoms with Crippen LogP contribution in [0.3, 0.4) is 0 Å². The van der Waals surface area contributed by atoms with Crippen LogP contribution in [0.2, 0.25) is 0 Å². The second-order valence-corrected chi connectivity index (χ2v) is 6.30. The van der Waals surface area contributed by atoms with E-state index in [1.54, 1.807) is 67.8 Å². The molecule has 0 spiro atoms. The third-order valence-corrected chi connectivity index (χ3v) is 4.32. The molecular weight excluding hydrogens is 384 g/mol. The highest BCUT2D eigenvalue weighted by Crippen LogP contribution is 2.27. The molecule has 0 fully saturated rings. The van der Waals surface area contributed by atoms with Gasteiger partial charge < -0.3 is 18.6 Å². The third-order valence-electron chi connectivity index (χ3n) is 4.32. The lowest BCUT2D eigenvalue weighted by Gasteiger charge is -2.05. The molecule has 30 heavy (non-hydrogen) atoms. The van der Waals surface area contributed by atoms with Crippen LogP contribution < -0.4 is 4.74 Å². The molecule has 0 saturated carbocycles. The van der Waals surface area contributed by atoms with Crippen LogP contribution >= 0.6 is 0 Å². The van der Waals surface area contributed by atoms with Gasteiger partial charge in [0.15, 0.2) is 5.78 Å². The van der Waals surface area contributed by atoms with Gasteiger partial charge in [-0.15, -0.1) is 0 Å². The SMILES string of the molecule is COCCOc1ccc(C(=O)C=Cc2ccc(-c3ccccc3C(=O)OC)o2)cc1. The normalized spacial score (nSPS) is 10.9. The third kappa shape index (κ3) is 5.24. The zero-order valence-electron chi connectivity index (χ0n) is 16.8. The van der Waals surface area contributed by atoms with Crippen LogP contribution in [0.4, 0.5) is 0 Å². The summed E-state index contributed by atoms with van der Waals surface area (Å²) in [7, 11) is 2.94. The number of ketones is 1. The number of allylic oxidation sites excluding steroid dienone is 1. The van der Waals surface area contributed by atoms with Crippen molar-refractivity contribution in [1.29, 1.82) is 0 Å². The summed E-state index contributed by atoms with van der Waals surface area (Å²) in [6.45, 7) is 0.947. The Hall–Kier alpha value is -3.64. The Bertz CT molecular complexity index is 1030. The average Bonchev–Trinajstić information content (AvgIpc) is 3.26. The summed E-state index contributed by atoms with van der Waals surface area (Å²) in [5, 5.41) is 0. The van der Waals surface area contributed by atoms with Crippen molar-refractivity contribution in [3.8, 4) is 17.1 Å². The molecule has 2 aromatic carbocycles. The van der Waals surface area contributed by atoms with Gasteiger partial charge in [-0.3, -0.25) is 4.79 Å². The number of hydrogen-bond acceptors (Lipinski definition) is 6. The van der Waals surface area contributed by atoms with Crippen molar-refractivity contribution in [2.24, 2.45) is 0 Å². The number of carbonyl (C=O) groups excluding carboxylic acids is 2. The molecule has 0 N–H and O–H groups in total. The summed E-state index contributed by atoms with van der Waals surface area (Å²) in [6, 6.07) is 17.4. The summed E-state index contributed by atoms with van der Waals surface area (Å²) in [4.78, 5) is 24.3. The summed E-state index contributed by atoms with van der Waals surface area (Å²) < 4.78 is 21.0. The molecule has 6 nitrogen and oxygen atoms in total.